The molecule has 8 nitrogen and oxygen atoms in total. The van der Waals surface area contributed by atoms with E-state index < -0.39 is 0 Å². The molecule has 0 unspecified atom stereocenters. The van der Waals surface area contributed by atoms with Crippen LogP contribution in [0.2, 0.25) is 5.28 Å². The fourth-order valence-electron chi connectivity index (χ4n) is 3.61. The van der Waals surface area contributed by atoms with Gasteiger partial charge in [-0.15, -0.1) is 0 Å². The summed E-state index contributed by atoms with van der Waals surface area (Å²) < 4.78 is 10.9. The van der Waals surface area contributed by atoms with Crippen molar-refractivity contribution in [2.75, 3.05) is 45.3 Å². The SMILES string of the molecule is CN1CCN(C(=O)c2ccc(Nc3nc(Cl)nc4cc5c(cc34)OCO5)cc2)CC1. The summed E-state index contributed by atoms with van der Waals surface area (Å²) in [5.41, 5.74) is 2.11. The van der Waals surface area contributed by atoms with Gasteiger partial charge in [0.15, 0.2) is 11.5 Å². The van der Waals surface area contributed by atoms with E-state index in [1.165, 1.54) is 0 Å². The largest absolute Gasteiger partial charge is 0.454 e. The smallest absolute Gasteiger partial charge is 0.253 e. The van der Waals surface area contributed by atoms with Crippen LogP contribution >= 0.6 is 11.6 Å². The molecule has 5 rings (SSSR count). The summed E-state index contributed by atoms with van der Waals surface area (Å²) in [6.07, 6.45) is 0. The van der Waals surface area contributed by atoms with Gasteiger partial charge < -0.3 is 24.6 Å². The van der Waals surface area contributed by atoms with Crippen molar-refractivity contribution in [2.24, 2.45) is 0 Å². The first-order valence-corrected chi connectivity index (χ1v) is 10.1. The summed E-state index contributed by atoms with van der Waals surface area (Å²) in [4.78, 5) is 25.4. The maximum absolute atomic E-state index is 12.7. The molecule has 1 fully saturated rings. The number of aromatic nitrogens is 2. The zero-order valence-corrected chi connectivity index (χ0v) is 17.1. The molecule has 1 N–H and O–H groups in total. The Morgan fingerprint density at radius 1 is 1.03 bits per heavy atom. The van der Waals surface area contributed by atoms with Crippen molar-refractivity contribution >= 4 is 39.9 Å². The fourth-order valence-corrected chi connectivity index (χ4v) is 3.79. The van der Waals surface area contributed by atoms with Crippen LogP contribution in [0.1, 0.15) is 10.4 Å². The molecule has 1 aromatic heterocycles. The molecular formula is C21H20ClN5O3. The number of ether oxygens (including phenoxy) is 2. The normalized spacial score (nSPS) is 16.1. The quantitative estimate of drug-likeness (QED) is 0.645. The third-order valence-corrected chi connectivity index (χ3v) is 5.52. The summed E-state index contributed by atoms with van der Waals surface area (Å²) >= 11 is 6.12. The molecule has 3 aromatic rings. The van der Waals surface area contributed by atoms with Gasteiger partial charge in [0.1, 0.15) is 5.82 Å². The van der Waals surface area contributed by atoms with E-state index in [1.54, 1.807) is 6.07 Å². The Morgan fingerprint density at radius 3 is 2.47 bits per heavy atom. The van der Waals surface area contributed by atoms with Gasteiger partial charge in [0.05, 0.1) is 5.52 Å². The average molecular weight is 426 g/mol. The van der Waals surface area contributed by atoms with Crippen molar-refractivity contribution in [1.29, 1.82) is 0 Å². The summed E-state index contributed by atoms with van der Waals surface area (Å²) in [6.45, 7) is 3.46. The molecular weight excluding hydrogens is 406 g/mol. The number of nitrogens with one attached hydrogen (secondary N) is 1. The van der Waals surface area contributed by atoms with Gasteiger partial charge in [-0.3, -0.25) is 4.79 Å². The Kier molecular flexibility index (Phi) is 4.80. The molecule has 0 radical (unpaired) electrons. The van der Waals surface area contributed by atoms with Crippen LogP contribution < -0.4 is 14.8 Å². The number of nitrogens with zero attached hydrogens (tertiary/aromatic N) is 4. The van der Waals surface area contributed by atoms with Crippen LogP contribution in [-0.2, 0) is 0 Å². The molecule has 154 valence electrons. The van der Waals surface area contributed by atoms with E-state index in [4.69, 9.17) is 21.1 Å². The molecule has 2 aliphatic rings. The minimum Gasteiger partial charge on any atom is -0.454 e. The van der Waals surface area contributed by atoms with Crippen molar-refractivity contribution in [1.82, 2.24) is 19.8 Å². The van der Waals surface area contributed by atoms with Crippen LogP contribution in [0.25, 0.3) is 10.9 Å². The Morgan fingerprint density at radius 2 is 1.73 bits per heavy atom. The Balaban J connectivity index is 1.38. The molecule has 0 aliphatic carbocycles. The topological polar surface area (TPSA) is 79.8 Å². The van der Waals surface area contributed by atoms with Crippen LogP contribution in [0.4, 0.5) is 11.5 Å². The predicted molar refractivity (Wildman–Crippen MR) is 114 cm³/mol. The minimum atomic E-state index is 0.0536. The molecule has 1 saturated heterocycles. The number of hydrogen-bond donors (Lipinski definition) is 1. The maximum atomic E-state index is 12.7. The predicted octanol–water partition coefficient (Wildman–Crippen LogP) is 3.14. The second-order valence-electron chi connectivity index (χ2n) is 7.36. The van der Waals surface area contributed by atoms with E-state index in [9.17, 15) is 4.79 Å². The van der Waals surface area contributed by atoms with Gasteiger partial charge in [-0.05, 0) is 49.0 Å². The lowest BCUT2D eigenvalue weighted by Crippen LogP contribution is -2.47. The lowest BCUT2D eigenvalue weighted by atomic mass is 10.1. The fraction of sp³-hybridized carbons (Fsp3) is 0.286. The number of carbonyl (C=O) groups is 1. The molecule has 2 aromatic carbocycles. The third kappa shape index (κ3) is 3.59. The van der Waals surface area contributed by atoms with Gasteiger partial charge in [0.25, 0.3) is 5.91 Å². The molecule has 0 atom stereocenters. The van der Waals surface area contributed by atoms with Gasteiger partial charge in [-0.25, -0.2) is 4.98 Å². The monoisotopic (exact) mass is 425 g/mol. The summed E-state index contributed by atoms with van der Waals surface area (Å²) in [7, 11) is 2.07. The highest BCUT2D eigenvalue weighted by Gasteiger charge is 2.21. The Hall–Kier alpha value is -3.10. The van der Waals surface area contributed by atoms with Crippen LogP contribution in [0.5, 0.6) is 11.5 Å². The molecule has 9 heteroatoms. The van der Waals surface area contributed by atoms with Crippen LogP contribution in [0.15, 0.2) is 36.4 Å². The minimum absolute atomic E-state index is 0.0536. The van der Waals surface area contributed by atoms with E-state index in [-0.39, 0.29) is 18.0 Å². The van der Waals surface area contributed by atoms with E-state index in [2.05, 4.69) is 27.2 Å². The van der Waals surface area contributed by atoms with Crippen LogP contribution in [-0.4, -0.2) is 65.7 Å². The zero-order chi connectivity index (χ0) is 20.7. The van der Waals surface area contributed by atoms with Crippen molar-refractivity contribution in [3.63, 3.8) is 0 Å². The number of fused-ring (bicyclic) bond motifs is 2. The first-order valence-electron chi connectivity index (χ1n) is 9.68. The summed E-state index contributed by atoms with van der Waals surface area (Å²) in [5.74, 6) is 1.89. The summed E-state index contributed by atoms with van der Waals surface area (Å²) in [5, 5.41) is 4.16. The lowest BCUT2D eigenvalue weighted by molar-refractivity contribution is 0.0664. The highest BCUT2D eigenvalue weighted by Crippen LogP contribution is 2.38. The summed E-state index contributed by atoms with van der Waals surface area (Å²) in [6, 6.07) is 11.0. The second kappa shape index (κ2) is 7.62. The number of halogens is 1. The van der Waals surface area contributed by atoms with Crippen LogP contribution in [0, 0.1) is 0 Å². The molecule has 0 spiro atoms. The van der Waals surface area contributed by atoms with Crippen molar-refractivity contribution in [2.45, 2.75) is 0 Å². The Labute approximate surface area is 178 Å². The van der Waals surface area contributed by atoms with Gasteiger partial charge in [0.2, 0.25) is 12.1 Å². The van der Waals surface area contributed by atoms with Crippen molar-refractivity contribution < 1.29 is 14.3 Å². The highest BCUT2D eigenvalue weighted by atomic mass is 35.5. The number of benzene rings is 2. The van der Waals surface area contributed by atoms with Gasteiger partial charge >= 0.3 is 0 Å². The van der Waals surface area contributed by atoms with Gasteiger partial charge in [-0.2, -0.15) is 4.98 Å². The second-order valence-corrected chi connectivity index (χ2v) is 7.70. The molecule has 30 heavy (non-hydrogen) atoms. The zero-order valence-electron chi connectivity index (χ0n) is 16.4. The van der Waals surface area contributed by atoms with E-state index in [0.29, 0.717) is 28.4 Å². The molecule has 0 saturated carbocycles. The van der Waals surface area contributed by atoms with E-state index >= 15 is 0 Å². The molecule has 2 aliphatic heterocycles. The standard InChI is InChI=1S/C21H20ClN5O3/c1-26-6-8-27(9-7-26)20(28)13-2-4-14(5-3-13)23-19-15-10-17-18(30-12-29-17)11-16(15)24-21(22)25-19/h2-5,10-11H,6-9,12H2,1H3,(H,23,24,25). The van der Waals surface area contributed by atoms with Crippen molar-refractivity contribution in [3.8, 4) is 11.5 Å². The van der Waals surface area contributed by atoms with Gasteiger partial charge in [0, 0.05) is 48.9 Å². The highest BCUT2D eigenvalue weighted by molar-refractivity contribution is 6.28. The lowest BCUT2D eigenvalue weighted by Gasteiger charge is -2.32. The number of carbonyl (C=O) groups excluding carboxylic acids is 1. The number of piperazine rings is 1. The van der Waals surface area contributed by atoms with E-state index in [1.807, 2.05) is 35.2 Å². The van der Waals surface area contributed by atoms with Crippen molar-refractivity contribution in [3.05, 3.63) is 47.2 Å². The first-order chi connectivity index (χ1) is 14.6. The Bertz CT molecular complexity index is 1110. The number of likely N-dealkylation sites (N-methyl/N-ethyl adjacent to an activating group) is 1. The van der Waals surface area contributed by atoms with E-state index in [0.717, 1.165) is 37.3 Å². The van der Waals surface area contributed by atoms with Gasteiger partial charge in [-0.1, -0.05) is 0 Å². The average Bonchev–Trinajstić information content (AvgIpc) is 3.20. The molecule has 3 heterocycles. The number of hydrogen-bond acceptors (Lipinski definition) is 7. The first kappa shape index (κ1) is 18.9. The third-order valence-electron chi connectivity index (χ3n) is 5.35. The number of rotatable bonds is 3. The number of amides is 1. The van der Waals surface area contributed by atoms with Crippen LogP contribution in [0.3, 0.4) is 0 Å². The number of anilines is 2. The molecule has 0 bridgehead atoms. The maximum Gasteiger partial charge on any atom is 0.253 e. The molecule has 1 amide bonds.